The zero-order valence-corrected chi connectivity index (χ0v) is 44.6. The van der Waals surface area contributed by atoms with E-state index in [1.165, 1.54) is 140 Å². The fraction of sp³-hybridized carbons (Fsp3) is 0.704. The SMILES string of the molecule is CCCC(CC/C=C/CCCCCCCc1cccc(OCC2CO2)c1)[Si](C)(C)O[Si](C)(C)O[Si](C)(C)C(CCC)CC/C=C/CCCCCCCc1cccc(OCC2CO2)c1. The van der Waals surface area contributed by atoms with Crippen molar-refractivity contribution in [3.8, 4) is 11.5 Å². The molecule has 0 spiro atoms. The van der Waals surface area contributed by atoms with Crippen LogP contribution in [0.5, 0.6) is 11.5 Å². The minimum Gasteiger partial charge on any atom is -0.491 e. The normalized spacial score (nSPS) is 17.7. The second-order valence-corrected chi connectivity index (χ2v) is 32.8. The van der Waals surface area contributed by atoms with Gasteiger partial charge in [0.15, 0.2) is 16.6 Å². The Kier molecular flexibility index (Phi) is 25.2. The molecular weight excluding hydrogens is 829 g/mol. The summed E-state index contributed by atoms with van der Waals surface area (Å²) in [5.41, 5.74) is 4.10. The fourth-order valence-electron chi connectivity index (χ4n) is 9.43. The molecule has 356 valence electrons. The number of epoxide rings is 2. The average Bonchev–Trinajstić information content (AvgIpc) is 4.18. The van der Waals surface area contributed by atoms with E-state index in [0.717, 1.165) is 37.6 Å². The molecule has 2 saturated heterocycles. The van der Waals surface area contributed by atoms with Gasteiger partial charge in [-0.05, 0) is 163 Å². The molecule has 63 heavy (non-hydrogen) atoms. The van der Waals surface area contributed by atoms with Gasteiger partial charge < -0.3 is 27.2 Å². The first-order valence-electron chi connectivity index (χ1n) is 25.8. The quantitative estimate of drug-likeness (QED) is 0.0289. The molecule has 2 aromatic rings. The molecule has 4 rings (SSSR count). The van der Waals surface area contributed by atoms with Crippen LogP contribution in [0.4, 0.5) is 0 Å². The van der Waals surface area contributed by atoms with Crippen LogP contribution < -0.4 is 9.47 Å². The zero-order valence-electron chi connectivity index (χ0n) is 41.6. The summed E-state index contributed by atoms with van der Waals surface area (Å²) in [6, 6.07) is 17.2. The van der Waals surface area contributed by atoms with Crippen molar-refractivity contribution in [2.75, 3.05) is 26.4 Å². The van der Waals surface area contributed by atoms with E-state index < -0.39 is 25.2 Å². The van der Waals surface area contributed by atoms with Gasteiger partial charge in [0.2, 0.25) is 0 Å². The highest BCUT2D eigenvalue weighted by Crippen LogP contribution is 2.39. The van der Waals surface area contributed by atoms with Crippen molar-refractivity contribution in [1.29, 1.82) is 0 Å². The number of allylic oxidation sites excluding steroid dienone is 4. The van der Waals surface area contributed by atoms with Crippen molar-refractivity contribution in [3.05, 3.63) is 84.0 Å². The maximum atomic E-state index is 7.28. The van der Waals surface area contributed by atoms with Crippen LogP contribution >= 0.6 is 0 Å². The lowest BCUT2D eigenvalue weighted by atomic mass is 10.0. The Balaban J connectivity index is 1.05. The summed E-state index contributed by atoms with van der Waals surface area (Å²) in [5, 5.41) is 0. The fourth-order valence-corrected chi connectivity index (χ4v) is 25.1. The van der Waals surface area contributed by atoms with E-state index in [1.807, 2.05) is 0 Å². The molecule has 9 heteroatoms. The maximum absolute atomic E-state index is 7.28. The summed E-state index contributed by atoms with van der Waals surface area (Å²) in [6.45, 7) is 22.3. The first-order valence-corrected chi connectivity index (χ1v) is 34.5. The number of hydrogen-bond donors (Lipinski definition) is 0. The van der Waals surface area contributed by atoms with Crippen LogP contribution in [-0.4, -0.2) is 63.8 Å². The average molecular weight is 922 g/mol. The van der Waals surface area contributed by atoms with Crippen LogP contribution in [-0.2, 0) is 30.5 Å². The van der Waals surface area contributed by atoms with Gasteiger partial charge >= 0.3 is 8.56 Å². The predicted octanol–water partition coefficient (Wildman–Crippen LogP) is 15.9. The van der Waals surface area contributed by atoms with Gasteiger partial charge in [-0.15, -0.1) is 0 Å². The molecule has 2 fully saturated rings. The van der Waals surface area contributed by atoms with Gasteiger partial charge in [-0.1, -0.05) is 127 Å². The van der Waals surface area contributed by atoms with Gasteiger partial charge in [0.05, 0.1) is 13.2 Å². The molecule has 2 aromatic carbocycles. The number of rotatable bonds is 38. The Morgan fingerprint density at radius 3 is 1.30 bits per heavy atom. The van der Waals surface area contributed by atoms with Gasteiger partial charge in [-0.25, -0.2) is 0 Å². The molecule has 0 saturated carbocycles. The number of ether oxygens (including phenoxy) is 4. The van der Waals surface area contributed by atoms with Gasteiger partial charge in [-0.3, -0.25) is 0 Å². The molecule has 4 unspecified atom stereocenters. The highest BCUT2D eigenvalue weighted by atomic mass is 28.5. The molecule has 2 aliphatic heterocycles. The molecule has 4 atom stereocenters. The smallest absolute Gasteiger partial charge is 0.311 e. The number of hydrogen-bond acceptors (Lipinski definition) is 6. The Bertz CT molecular complexity index is 1450. The first-order chi connectivity index (χ1) is 30.4. The Labute approximate surface area is 390 Å². The van der Waals surface area contributed by atoms with Crippen LogP contribution in [0.2, 0.25) is 50.4 Å². The summed E-state index contributed by atoms with van der Waals surface area (Å²) < 4.78 is 36.8. The second-order valence-electron chi connectivity index (χ2n) is 20.3. The van der Waals surface area contributed by atoms with Crippen LogP contribution in [0.15, 0.2) is 72.8 Å². The highest BCUT2D eigenvalue weighted by Gasteiger charge is 2.44. The van der Waals surface area contributed by atoms with Gasteiger partial charge in [0.1, 0.15) is 36.9 Å². The van der Waals surface area contributed by atoms with Crippen molar-refractivity contribution < 1.29 is 27.2 Å². The first kappa shape index (κ1) is 53.6. The summed E-state index contributed by atoms with van der Waals surface area (Å²) in [7, 11) is -6.21. The van der Waals surface area contributed by atoms with E-state index in [4.69, 9.17) is 27.2 Å². The number of benzene rings is 2. The monoisotopic (exact) mass is 921 g/mol. The lowest BCUT2D eigenvalue weighted by molar-refractivity contribution is 0.263. The van der Waals surface area contributed by atoms with Crippen LogP contribution in [0.3, 0.4) is 0 Å². The largest absolute Gasteiger partial charge is 0.491 e. The minimum atomic E-state index is -2.30. The van der Waals surface area contributed by atoms with Gasteiger partial charge in [0, 0.05) is 0 Å². The standard InChI is InChI=1S/C54H92O6Si3/c1-9-31-53(39-27-23-19-15-11-13-17-21-25-33-47-35-29-37-49(41-47)55-43-51-45-57-51)61(3,4)59-63(7,8)60-62(5,6)54(32-10-2)40-28-24-20-16-12-14-18-22-26-34-48-36-30-38-50(42-48)56-44-52-46-58-52/h19-20,23-24,29-30,35-38,41-42,51-54H,9-18,21-22,25-28,31-34,39-40,43-46H2,1-8H3/b23-19+,24-20+. The van der Waals surface area contributed by atoms with E-state index in [2.05, 4.69) is 126 Å². The molecule has 0 radical (unpaired) electrons. The topological polar surface area (TPSA) is 62.0 Å². The number of unbranched alkanes of at least 4 members (excludes halogenated alkanes) is 10. The third-order valence-electron chi connectivity index (χ3n) is 13.1. The Hall–Kier alpha value is -1.99. The van der Waals surface area contributed by atoms with Crippen molar-refractivity contribution in [1.82, 2.24) is 0 Å². The number of aryl methyl sites for hydroxylation is 2. The van der Waals surface area contributed by atoms with Crippen molar-refractivity contribution in [2.24, 2.45) is 0 Å². The van der Waals surface area contributed by atoms with Crippen LogP contribution in [0.25, 0.3) is 0 Å². The third-order valence-corrected chi connectivity index (χ3v) is 26.3. The second kappa shape index (κ2) is 29.6. The van der Waals surface area contributed by atoms with E-state index in [1.54, 1.807) is 0 Å². The minimum absolute atomic E-state index is 0.305. The molecule has 0 aliphatic carbocycles. The van der Waals surface area contributed by atoms with E-state index in [-0.39, 0.29) is 0 Å². The van der Waals surface area contributed by atoms with E-state index in [0.29, 0.717) is 36.5 Å². The lowest BCUT2D eigenvalue weighted by Crippen LogP contribution is -2.55. The van der Waals surface area contributed by atoms with Gasteiger partial charge in [0.25, 0.3) is 0 Å². The summed E-state index contributed by atoms with van der Waals surface area (Å²) >= 11 is 0. The predicted molar refractivity (Wildman–Crippen MR) is 275 cm³/mol. The molecular formula is C54H92O6Si3. The maximum Gasteiger partial charge on any atom is 0.311 e. The molecule has 0 bridgehead atoms. The zero-order chi connectivity index (χ0) is 45.2. The molecule has 2 heterocycles. The van der Waals surface area contributed by atoms with E-state index >= 15 is 0 Å². The molecule has 0 amide bonds. The van der Waals surface area contributed by atoms with Crippen molar-refractivity contribution in [2.45, 2.75) is 218 Å². The van der Waals surface area contributed by atoms with Gasteiger partial charge in [-0.2, -0.15) is 0 Å². The van der Waals surface area contributed by atoms with Crippen LogP contribution in [0.1, 0.15) is 153 Å². The summed E-state index contributed by atoms with van der Waals surface area (Å²) in [6.07, 6.45) is 37.9. The Morgan fingerprint density at radius 1 is 0.524 bits per heavy atom. The van der Waals surface area contributed by atoms with Crippen LogP contribution in [0, 0.1) is 0 Å². The molecule has 0 aromatic heterocycles. The summed E-state index contributed by atoms with van der Waals surface area (Å²) in [4.78, 5) is 0. The summed E-state index contributed by atoms with van der Waals surface area (Å²) in [5.74, 6) is 1.95. The lowest BCUT2D eigenvalue weighted by Gasteiger charge is -2.44. The van der Waals surface area contributed by atoms with Crippen molar-refractivity contribution in [3.63, 3.8) is 0 Å². The third kappa shape index (κ3) is 23.9. The van der Waals surface area contributed by atoms with Crippen molar-refractivity contribution >= 4 is 25.2 Å². The molecule has 6 nitrogen and oxygen atoms in total. The highest BCUT2D eigenvalue weighted by molar-refractivity contribution is 6.88. The Morgan fingerprint density at radius 2 is 0.905 bits per heavy atom. The molecule has 2 aliphatic rings. The molecule has 0 N–H and O–H groups in total. The van der Waals surface area contributed by atoms with E-state index in [9.17, 15) is 0 Å².